The van der Waals surface area contributed by atoms with Crippen molar-refractivity contribution in [1.82, 2.24) is 4.90 Å². The van der Waals surface area contributed by atoms with Crippen molar-refractivity contribution in [2.75, 3.05) is 32.9 Å². The molecular weight excluding hydrogens is 476 g/mol. The van der Waals surface area contributed by atoms with Crippen LogP contribution < -0.4 is 9.47 Å². The van der Waals surface area contributed by atoms with E-state index in [-0.39, 0.29) is 17.0 Å². The summed E-state index contributed by atoms with van der Waals surface area (Å²) in [5.41, 5.74) is 0.249. The van der Waals surface area contributed by atoms with Crippen LogP contribution in [0.25, 0.3) is 0 Å². The number of thiocarbonyl (C=S) groups is 1. The van der Waals surface area contributed by atoms with Crippen LogP contribution in [0.2, 0.25) is 0 Å². The Morgan fingerprint density at radius 2 is 2.00 bits per heavy atom. The predicted octanol–water partition coefficient (Wildman–Crippen LogP) is 3.98. The van der Waals surface area contributed by atoms with Crippen molar-refractivity contribution in [2.24, 2.45) is 0 Å². The van der Waals surface area contributed by atoms with Gasteiger partial charge in [0.15, 0.2) is 11.5 Å². The number of esters is 1. The number of nitro benzene ring substituents is 1. The Hall–Kier alpha value is -2.56. The van der Waals surface area contributed by atoms with Crippen molar-refractivity contribution in [3.8, 4) is 11.5 Å². The number of nitro groups is 1. The van der Waals surface area contributed by atoms with E-state index in [2.05, 4.69) is 15.9 Å². The molecular formula is C20H19BrN2O6S. The van der Waals surface area contributed by atoms with Gasteiger partial charge in [-0.25, -0.2) is 4.79 Å². The third-order valence-corrected chi connectivity index (χ3v) is 5.45. The average Bonchev–Trinajstić information content (AvgIpc) is 2.76. The SMILES string of the molecule is CCOc1cc(C(=S)N2CCOCC2)cc(Br)c1OC(=O)c1ccccc1[N+](=O)[O-]. The number of hydrogen-bond acceptors (Lipinski definition) is 7. The molecule has 0 radical (unpaired) electrons. The van der Waals surface area contributed by atoms with E-state index in [4.69, 9.17) is 26.4 Å². The van der Waals surface area contributed by atoms with E-state index in [0.717, 1.165) is 5.56 Å². The van der Waals surface area contributed by atoms with Gasteiger partial charge in [-0.2, -0.15) is 0 Å². The maximum atomic E-state index is 12.7. The molecule has 0 saturated carbocycles. The summed E-state index contributed by atoms with van der Waals surface area (Å²) in [5, 5.41) is 11.2. The Bertz CT molecular complexity index is 978. The summed E-state index contributed by atoms with van der Waals surface area (Å²) < 4.78 is 17.0. The van der Waals surface area contributed by atoms with Crippen LogP contribution in [0, 0.1) is 10.1 Å². The van der Waals surface area contributed by atoms with Gasteiger partial charge in [-0.15, -0.1) is 0 Å². The summed E-state index contributed by atoms with van der Waals surface area (Å²) in [7, 11) is 0. The number of nitrogens with zero attached hydrogens (tertiary/aromatic N) is 2. The number of para-hydroxylation sites is 1. The van der Waals surface area contributed by atoms with Crippen LogP contribution in [0.4, 0.5) is 5.69 Å². The zero-order valence-electron chi connectivity index (χ0n) is 16.1. The quantitative estimate of drug-likeness (QED) is 0.196. The van der Waals surface area contributed by atoms with Crippen molar-refractivity contribution in [3.63, 3.8) is 0 Å². The minimum Gasteiger partial charge on any atom is -0.490 e. The smallest absolute Gasteiger partial charge is 0.350 e. The molecule has 1 heterocycles. The number of ether oxygens (including phenoxy) is 3. The molecule has 0 aliphatic carbocycles. The van der Waals surface area contributed by atoms with Crippen LogP contribution >= 0.6 is 28.1 Å². The first-order valence-corrected chi connectivity index (χ1v) is 10.4. The van der Waals surface area contributed by atoms with Gasteiger partial charge in [-0.3, -0.25) is 10.1 Å². The van der Waals surface area contributed by atoms with Gasteiger partial charge in [0.25, 0.3) is 5.69 Å². The third-order valence-electron chi connectivity index (χ3n) is 4.37. The number of rotatable bonds is 6. The standard InChI is InChI=1S/C20H19BrN2O6S/c1-2-28-17-12-13(19(30)22-7-9-27-10-8-22)11-15(21)18(17)29-20(24)14-5-3-4-6-16(14)23(25)26/h3-6,11-12H,2,7-10H2,1H3. The normalized spacial score (nSPS) is 13.6. The zero-order chi connectivity index (χ0) is 21.7. The minimum atomic E-state index is -0.854. The summed E-state index contributed by atoms with van der Waals surface area (Å²) >= 11 is 9.02. The highest BCUT2D eigenvalue weighted by Gasteiger charge is 2.25. The lowest BCUT2D eigenvalue weighted by Crippen LogP contribution is -2.40. The van der Waals surface area contributed by atoms with Crippen molar-refractivity contribution in [2.45, 2.75) is 6.92 Å². The van der Waals surface area contributed by atoms with E-state index in [0.29, 0.717) is 48.1 Å². The number of hydrogen-bond donors (Lipinski definition) is 0. The Labute approximate surface area is 187 Å². The van der Waals surface area contributed by atoms with Gasteiger partial charge >= 0.3 is 5.97 Å². The summed E-state index contributed by atoms with van der Waals surface area (Å²) in [6.07, 6.45) is 0. The maximum Gasteiger partial charge on any atom is 0.350 e. The van der Waals surface area contributed by atoms with Crippen LogP contribution in [0.15, 0.2) is 40.9 Å². The largest absolute Gasteiger partial charge is 0.490 e. The van der Waals surface area contributed by atoms with Gasteiger partial charge in [-0.05, 0) is 41.1 Å². The van der Waals surface area contributed by atoms with E-state index in [9.17, 15) is 14.9 Å². The first kappa shape index (κ1) is 22.1. The fraction of sp³-hybridized carbons (Fsp3) is 0.300. The topological polar surface area (TPSA) is 91.1 Å². The molecule has 8 nitrogen and oxygen atoms in total. The lowest BCUT2D eigenvalue weighted by molar-refractivity contribution is -0.385. The number of carbonyl (C=O) groups excluding carboxylic acids is 1. The Kier molecular flexibility index (Phi) is 7.35. The zero-order valence-corrected chi connectivity index (χ0v) is 18.5. The van der Waals surface area contributed by atoms with E-state index < -0.39 is 10.9 Å². The van der Waals surface area contributed by atoms with Crippen LogP contribution in [0.5, 0.6) is 11.5 Å². The van der Waals surface area contributed by atoms with Crippen LogP contribution in [-0.4, -0.2) is 53.7 Å². The Balaban J connectivity index is 1.92. The summed E-state index contributed by atoms with van der Waals surface area (Å²) in [4.78, 5) is 25.9. The monoisotopic (exact) mass is 494 g/mol. The van der Waals surface area contributed by atoms with Gasteiger partial charge < -0.3 is 19.1 Å². The van der Waals surface area contributed by atoms with Crippen molar-refractivity contribution in [3.05, 3.63) is 62.1 Å². The minimum absolute atomic E-state index is 0.133. The van der Waals surface area contributed by atoms with Crippen LogP contribution in [0.1, 0.15) is 22.8 Å². The molecule has 1 aliphatic heterocycles. The van der Waals surface area contributed by atoms with Gasteiger partial charge in [0.2, 0.25) is 0 Å². The number of benzene rings is 2. The number of carbonyl (C=O) groups is 1. The Morgan fingerprint density at radius 1 is 1.30 bits per heavy atom. The summed E-state index contributed by atoms with van der Waals surface area (Å²) in [6.45, 7) is 4.71. The molecule has 2 aromatic carbocycles. The second kappa shape index (κ2) is 9.96. The molecule has 0 aromatic heterocycles. The van der Waals surface area contributed by atoms with Gasteiger partial charge in [0, 0.05) is 24.7 Å². The molecule has 1 fully saturated rings. The fourth-order valence-corrected chi connectivity index (χ4v) is 3.78. The molecule has 0 unspecified atom stereocenters. The molecule has 0 bridgehead atoms. The van der Waals surface area contributed by atoms with Gasteiger partial charge in [-0.1, -0.05) is 24.4 Å². The van der Waals surface area contributed by atoms with Gasteiger partial charge in [0.05, 0.1) is 29.2 Å². The maximum absolute atomic E-state index is 12.7. The first-order chi connectivity index (χ1) is 14.4. The molecule has 0 N–H and O–H groups in total. The predicted molar refractivity (Wildman–Crippen MR) is 117 cm³/mol. The highest BCUT2D eigenvalue weighted by molar-refractivity contribution is 9.10. The van der Waals surface area contributed by atoms with Crippen molar-refractivity contribution in [1.29, 1.82) is 0 Å². The molecule has 10 heteroatoms. The fourth-order valence-electron chi connectivity index (χ4n) is 2.96. The average molecular weight is 495 g/mol. The highest BCUT2D eigenvalue weighted by Crippen LogP contribution is 2.38. The van der Waals surface area contributed by atoms with Gasteiger partial charge in [0.1, 0.15) is 10.6 Å². The van der Waals surface area contributed by atoms with Crippen molar-refractivity contribution < 1.29 is 23.9 Å². The second-order valence-electron chi connectivity index (χ2n) is 6.29. The highest BCUT2D eigenvalue weighted by atomic mass is 79.9. The number of morpholine rings is 1. The molecule has 0 spiro atoms. The molecule has 30 heavy (non-hydrogen) atoms. The molecule has 2 aromatic rings. The van der Waals surface area contributed by atoms with Crippen molar-refractivity contribution >= 4 is 44.8 Å². The first-order valence-electron chi connectivity index (χ1n) is 9.21. The summed E-state index contributed by atoms with van der Waals surface area (Å²) in [6, 6.07) is 9.05. The second-order valence-corrected chi connectivity index (χ2v) is 7.53. The van der Waals surface area contributed by atoms with E-state index in [1.165, 1.54) is 24.3 Å². The van der Waals surface area contributed by atoms with E-state index >= 15 is 0 Å². The van der Waals surface area contributed by atoms with E-state index in [1.807, 2.05) is 4.90 Å². The Morgan fingerprint density at radius 3 is 2.67 bits per heavy atom. The molecule has 0 atom stereocenters. The molecule has 3 rings (SSSR count). The molecule has 1 aliphatic rings. The van der Waals surface area contributed by atoms with Crippen LogP contribution in [0.3, 0.4) is 0 Å². The van der Waals surface area contributed by atoms with Crippen LogP contribution in [-0.2, 0) is 4.74 Å². The molecule has 158 valence electrons. The summed E-state index contributed by atoms with van der Waals surface area (Å²) in [5.74, 6) is -0.412. The van der Waals surface area contributed by atoms with E-state index in [1.54, 1.807) is 19.1 Å². The lowest BCUT2D eigenvalue weighted by Gasteiger charge is -2.29. The molecule has 0 amide bonds. The third kappa shape index (κ3) is 4.94. The number of halogens is 1. The molecule has 1 saturated heterocycles. The lowest BCUT2D eigenvalue weighted by atomic mass is 10.1.